The molecule has 2 saturated heterocycles. The first-order valence-electron chi connectivity index (χ1n) is 11.9. The van der Waals surface area contributed by atoms with Crippen molar-refractivity contribution in [2.24, 2.45) is 5.92 Å². The minimum absolute atomic E-state index is 0.216. The lowest BCUT2D eigenvalue weighted by Gasteiger charge is -2.43. The van der Waals surface area contributed by atoms with Crippen LogP contribution in [0.4, 0.5) is 0 Å². The smallest absolute Gasteiger partial charge is 0.186 e. The van der Waals surface area contributed by atoms with E-state index >= 15 is 0 Å². The summed E-state index contributed by atoms with van der Waals surface area (Å²) in [6, 6.07) is 0. The standard InChI is InChI=1S/C22H42O9S/c1-3-4-5-6-7-8-9-29-21-19(28)18(27)20(16(12-24)30-21)32-22-13(2)10-14(25)17(26)15(11-23)31-22/h13-28H,3-12H2,1-2H3/t13?,14?,15?,16?,17-,18?,19?,20-,21+,22-/m0/s1. The van der Waals surface area contributed by atoms with E-state index in [9.17, 15) is 30.6 Å². The Morgan fingerprint density at radius 2 is 1.50 bits per heavy atom. The van der Waals surface area contributed by atoms with Gasteiger partial charge in [-0.2, -0.15) is 0 Å². The monoisotopic (exact) mass is 482 g/mol. The summed E-state index contributed by atoms with van der Waals surface area (Å²) in [5.41, 5.74) is -0.593. The lowest BCUT2D eigenvalue weighted by Crippen LogP contribution is -2.58. The third-order valence-corrected chi connectivity index (χ3v) is 7.97. The van der Waals surface area contributed by atoms with Gasteiger partial charge in [-0.3, -0.25) is 0 Å². The summed E-state index contributed by atoms with van der Waals surface area (Å²) in [7, 11) is 0. The molecule has 0 aromatic rings. The molecule has 0 aromatic heterocycles. The number of hydrogen-bond donors (Lipinski definition) is 6. The quantitative estimate of drug-likeness (QED) is 0.215. The van der Waals surface area contributed by atoms with Gasteiger partial charge < -0.3 is 44.8 Å². The van der Waals surface area contributed by atoms with Gasteiger partial charge in [0.1, 0.15) is 23.7 Å². The van der Waals surface area contributed by atoms with Crippen LogP contribution in [-0.2, 0) is 14.2 Å². The molecule has 32 heavy (non-hydrogen) atoms. The van der Waals surface area contributed by atoms with Crippen molar-refractivity contribution < 1.29 is 44.8 Å². The van der Waals surface area contributed by atoms with Crippen molar-refractivity contribution in [2.75, 3.05) is 19.8 Å². The molecule has 0 aliphatic carbocycles. The Morgan fingerprint density at radius 1 is 0.844 bits per heavy atom. The zero-order valence-electron chi connectivity index (χ0n) is 19.2. The van der Waals surface area contributed by atoms with Gasteiger partial charge in [0.05, 0.1) is 36.8 Å². The van der Waals surface area contributed by atoms with Gasteiger partial charge in [-0.25, -0.2) is 0 Å². The van der Waals surface area contributed by atoms with Gasteiger partial charge in [0, 0.05) is 6.61 Å². The fourth-order valence-electron chi connectivity index (χ4n) is 4.18. The highest BCUT2D eigenvalue weighted by atomic mass is 32.2. The van der Waals surface area contributed by atoms with E-state index in [2.05, 4.69) is 6.92 Å². The zero-order valence-corrected chi connectivity index (χ0v) is 20.0. The molecule has 6 N–H and O–H groups in total. The molecule has 9 nitrogen and oxygen atoms in total. The van der Waals surface area contributed by atoms with E-state index in [1.807, 2.05) is 6.92 Å². The van der Waals surface area contributed by atoms with Gasteiger partial charge in [0.15, 0.2) is 6.29 Å². The van der Waals surface area contributed by atoms with Crippen LogP contribution in [0, 0.1) is 5.92 Å². The number of aliphatic hydroxyl groups excluding tert-OH is 6. The zero-order chi connectivity index (χ0) is 23.7. The van der Waals surface area contributed by atoms with E-state index in [1.54, 1.807) is 0 Å². The fourth-order valence-corrected chi connectivity index (χ4v) is 5.72. The maximum atomic E-state index is 10.8. The van der Waals surface area contributed by atoms with Gasteiger partial charge in [0.25, 0.3) is 0 Å². The van der Waals surface area contributed by atoms with Crippen molar-refractivity contribution in [3.05, 3.63) is 0 Å². The van der Waals surface area contributed by atoms with Gasteiger partial charge in [-0.15, -0.1) is 11.8 Å². The number of unbranched alkanes of at least 4 members (excludes halogenated alkanes) is 5. The van der Waals surface area contributed by atoms with Crippen LogP contribution in [0.1, 0.15) is 58.8 Å². The average molecular weight is 483 g/mol. The van der Waals surface area contributed by atoms with E-state index in [0.717, 1.165) is 19.3 Å². The molecule has 0 radical (unpaired) electrons. The predicted molar refractivity (Wildman–Crippen MR) is 120 cm³/mol. The average Bonchev–Trinajstić information content (AvgIpc) is 2.88. The van der Waals surface area contributed by atoms with Crippen molar-refractivity contribution in [1.82, 2.24) is 0 Å². The summed E-state index contributed by atoms with van der Waals surface area (Å²) in [6.45, 7) is 3.55. The Morgan fingerprint density at radius 3 is 2.16 bits per heavy atom. The first kappa shape index (κ1) is 28.2. The molecule has 2 aliphatic heterocycles. The minimum Gasteiger partial charge on any atom is -0.394 e. The summed E-state index contributed by atoms with van der Waals surface area (Å²) < 4.78 is 17.3. The first-order valence-corrected chi connectivity index (χ1v) is 12.8. The summed E-state index contributed by atoms with van der Waals surface area (Å²) in [5.74, 6) is -0.216. The number of aliphatic hydroxyl groups is 6. The second-order valence-corrected chi connectivity index (χ2v) is 10.2. The lowest BCUT2D eigenvalue weighted by atomic mass is 10.00. The predicted octanol–water partition coefficient (Wildman–Crippen LogP) is 0.370. The Bertz CT molecular complexity index is 512. The van der Waals surface area contributed by atoms with Crippen LogP contribution < -0.4 is 0 Å². The van der Waals surface area contributed by atoms with Crippen LogP contribution in [0.15, 0.2) is 0 Å². The second kappa shape index (κ2) is 14.4. The Hall–Kier alpha value is -0.0100. The summed E-state index contributed by atoms with van der Waals surface area (Å²) in [4.78, 5) is 0. The molecule has 6 unspecified atom stereocenters. The number of rotatable bonds is 12. The van der Waals surface area contributed by atoms with E-state index in [1.165, 1.54) is 31.0 Å². The molecule has 0 spiro atoms. The molecule has 10 atom stereocenters. The largest absolute Gasteiger partial charge is 0.394 e. The maximum Gasteiger partial charge on any atom is 0.186 e. The van der Waals surface area contributed by atoms with Crippen molar-refractivity contribution in [3.63, 3.8) is 0 Å². The molecule has 2 heterocycles. The summed E-state index contributed by atoms with van der Waals surface area (Å²) >= 11 is 1.17. The molecule has 2 rings (SSSR count). The summed E-state index contributed by atoms with van der Waals surface area (Å²) in [6.07, 6.45) is -0.773. The third-order valence-electron chi connectivity index (χ3n) is 6.23. The van der Waals surface area contributed by atoms with Gasteiger partial charge in [-0.05, 0) is 18.8 Å². The van der Waals surface area contributed by atoms with Crippen LogP contribution >= 0.6 is 11.8 Å². The molecule has 10 heteroatoms. The number of hydrogen-bond acceptors (Lipinski definition) is 10. The topological polar surface area (TPSA) is 149 Å². The van der Waals surface area contributed by atoms with E-state index < -0.39 is 60.2 Å². The fraction of sp³-hybridized carbons (Fsp3) is 1.00. The first-order chi connectivity index (χ1) is 15.3. The molecule has 190 valence electrons. The molecule has 0 saturated carbocycles. The normalized spacial score (nSPS) is 40.9. The van der Waals surface area contributed by atoms with E-state index in [4.69, 9.17) is 14.2 Å². The van der Waals surface area contributed by atoms with Gasteiger partial charge in [0.2, 0.25) is 0 Å². The van der Waals surface area contributed by atoms with E-state index in [-0.39, 0.29) is 18.9 Å². The molecule has 2 fully saturated rings. The van der Waals surface area contributed by atoms with Crippen LogP contribution in [0.5, 0.6) is 0 Å². The molecule has 0 bridgehead atoms. The SMILES string of the molecule is CCCCCCCCO[C@@H]1OC(CO)[C@H](S[C@@H]2OC(CO)[C@@H](O)C(O)CC2C)C(O)C1O. The highest BCUT2D eigenvalue weighted by Gasteiger charge is 2.48. The van der Waals surface area contributed by atoms with Gasteiger partial charge in [-0.1, -0.05) is 46.0 Å². The molecule has 0 amide bonds. The third kappa shape index (κ3) is 7.76. The Kier molecular flexibility index (Phi) is 12.7. The van der Waals surface area contributed by atoms with Crippen molar-refractivity contribution in [1.29, 1.82) is 0 Å². The second-order valence-electron chi connectivity index (χ2n) is 8.94. The highest BCUT2D eigenvalue weighted by Crippen LogP contribution is 2.39. The van der Waals surface area contributed by atoms with Crippen molar-refractivity contribution in [2.45, 2.75) is 112 Å². The molecular weight excluding hydrogens is 440 g/mol. The van der Waals surface area contributed by atoms with Crippen molar-refractivity contribution in [3.8, 4) is 0 Å². The Labute approximate surface area is 195 Å². The number of ether oxygens (including phenoxy) is 3. The Balaban J connectivity index is 1.92. The maximum absolute atomic E-state index is 10.8. The molecular formula is C22H42O9S. The van der Waals surface area contributed by atoms with Crippen LogP contribution in [0.2, 0.25) is 0 Å². The van der Waals surface area contributed by atoms with Crippen LogP contribution in [0.3, 0.4) is 0 Å². The summed E-state index contributed by atoms with van der Waals surface area (Å²) in [5, 5.41) is 60.3. The van der Waals surface area contributed by atoms with E-state index in [0.29, 0.717) is 6.61 Å². The molecule has 0 aromatic carbocycles. The number of thioether (sulfide) groups is 1. The van der Waals surface area contributed by atoms with Gasteiger partial charge >= 0.3 is 0 Å². The highest BCUT2D eigenvalue weighted by molar-refractivity contribution is 8.00. The van der Waals surface area contributed by atoms with Crippen molar-refractivity contribution >= 4 is 11.8 Å². The minimum atomic E-state index is -1.29. The van der Waals surface area contributed by atoms with Crippen LogP contribution in [-0.4, -0.2) is 104 Å². The lowest BCUT2D eigenvalue weighted by molar-refractivity contribution is -0.268. The molecule has 2 aliphatic rings. The van der Waals surface area contributed by atoms with Crippen LogP contribution in [0.25, 0.3) is 0 Å².